The number of rotatable bonds is 5. The molecule has 0 aliphatic rings. The second-order valence-corrected chi connectivity index (χ2v) is 8.51. The van der Waals surface area contributed by atoms with Crippen LogP contribution in [0.5, 0.6) is 0 Å². The molecule has 2 aromatic heterocycles. The number of fused-ring (bicyclic) bond motifs is 1. The molecule has 0 aliphatic heterocycles. The first-order valence-corrected chi connectivity index (χ1v) is 10.4. The largest absolute Gasteiger partial charge is 0.337 e. The topological polar surface area (TPSA) is 61.8 Å². The van der Waals surface area contributed by atoms with Crippen molar-refractivity contribution in [3.8, 4) is 5.69 Å². The van der Waals surface area contributed by atoms with Gasteiger partial charge in [0, 0.05) is 13.1 Å². The van der Waals surface area contributed by atoms with E-state index in [-0.39, 0.29) is 23.6 Å². The normalized spacial score (nSPS) is 11.5. The van der Waals surface area contributed by atoms with E-state index in [4.69, 9.17) is 23.2 Å². The fourth-order valence-corrected chi connectivity index (χ4v) is 3.80. The molecule has 0 saturated carbocycles. The summed E-state index contributed by atoms with van der Waals surface area (Å²) in [4.78, 5) is 30.9. The fraction of sp³-hybridized carbons (Fsp3) is 0.227. The molecule has 6 nitrogen and oxygen atoms in total. The van der Waals surface area contributed by atoms with Crippen molar-refractivity contribution in [2.24, 2.45) is 5.92 Å². The van der Waals surface area contributed by atoms with Gasteiger partial charge in [0.2, 0.25) is 0 Å². The molecule has 0 atom stereocenters. The molecule has 0 spiro atoms. The summed E-state index contributed by atoms with van der Waals surface area (Å²) >= 11 is 12.1. The Kier molecular flexibility index (Phi) is 5.73. The summed E-state index contributed by atoms with van der Waals surface area (Å²) in [5.74, 6) is -0.357. The van der Waals surface area contributed by atoms with Crippen LogP contribution in [0.4, 0.5) is 4.39 Å². The van der Waals surface area contributed by atoms with Crippen LogP contribution < -0.4 is 11.2 Å². The Bertz CT molecular complexity index is 1390. The summed E-state index contributed by atoms with van der Waals surface area (Å²) in [6.07, 6.45) is 1.51. The van der Waals surface area contributed by atoms with E-state index in [0.29, 0.717) is 22.3 Å². The van der Waals surface area contributed by atoms with E-state index in [1.54, 1.807) is 16.7 Å². The van der Waals surface area contributed by atoms with Crippen LogP contribution in [0.15, 0.2) is 58.4 Å². The molecule has 2 heterocycles. The summed E-state index contributed by atoms with van der Waals surface area (Å²) in [5, 5.41) is 0.842. The summed E-state index contributed by atoms with van der Waals surface area (Å²) in [7, 11) is 0. The van der Waals surface area contributed by atoms with Gasteiger partial charge >= 0.3 is 5.69 Å². The van der Waals surface area contributed by atoms with Gasteiger partial charge in [-0.2, -0.15) is 0 Å². The number of hydrogen-bond acceptors (Lipinski definition) is 3. The number of imidazole rings is 1. The molecule has 0 radical (unpaired) electrons. The maximum absolute atomic E-state index is 13.5. The second kappa shape index (κ2) is 8.32. The van der Waals surface area contributed by atoms with Crippen molar-refractivity contribution in [1.82, 2.24) is 18.7 Å². The number of halogens is 3. The summed E-state index contributed by atoms with van der Waals surface area (Å²) in [6.45, 7) is 4.40. The van der Waals surface area contributed by atoms with Gasteiger partial charge in [-0.25, -0.2) is 18.7 Å². The minimum absolute atomic E-state index is 0.0657. The highest BCUT2D eigenvalue weighted by molar-refractivity contribution is 6.42. The average molecular weight is 461 g/mol. The molecule has 2 aromatic carbocycles. The van der Waals surface area contributed by atoms with Gasteiger partial charge in [0.15, 0.2) is 11.2 Å². The predicted molar refractivity (Wildman–Crippen MR) is 120 cm³/mol. The van der Waals surface area contributed by atoms with Crippen LogP contribution in [-0.4, -0.2) is 18.7 Å². The first-order chi connectivity index (χ1) is 14.8. The average Bonchev–Trinajstić information content (AvgIpc) is 3.12. The number of hydrogen-bond donors (Lipinski definition) is 0. The van der Waals surface area contributed by atoms with Crippen LogP contribution in [-0.2, 0) is 13.1 Å². The van der Waals surface area contributed by atoms with Crippen molar-refractivity contribution in [3.05, 3.63) is 91.1 Å². The van der Waals surface area contributed by atoms with Gasteiger partial charge in [0.05, 0.1) is 22.1 Å². The lowest BCUT2D eigenvalue weighted by molar-refractivity contribution is 0.489. The van der Waals surface area contributed by atoms with E-state index in [1.807, 2.05) is 19.9 Å². The molecule has 9 heteroatoms. The van der Waals surface area contributed by atoms with Gasteiger partial charge in [-0.05, 0) is 47.9 Å². The molecule has 0 unspecified atom stereocenters. The lowest BCUT2D eigenvalue weighted by atomic mass is 10.2. The summed E-state index contributed by atoms with van der Waals surface area (Å²) in [6, 6.07) is 10.7. The first-order valence-electron chi connectivity index (χ1n) is 9.67. The standard InChI is InChI=1S/C22H19Cl2FN4O2/c1-13(2)10-28-21(30)19-20(29(22(28)31)16-6-4-15(25)5-7-16)26-12-27(19)11-14-3-8-17(23)18(24)9-14/h3-9,12-13H,10-11H2,1-2H3. The van der Waals surface area contributed by atoms with Crippen molar-refractivity contribution in [2.75, 3.05) is 0 Å². The zero-order valence-electron chi connectivity index (χ0n) is 16.8. The lowest BCUT2D eigenvalue weighted by Gasteiger charge is -2.14. The van der Waals surface area contributed by atoms with E-state index in [9.17, 15) is 14.0 Å². The molecule has 0 fully saturated rings. The van der Waals surface area contributed by atoms with Gasteiger partial charge in [-0.15, -0.1) is 0 Å². The molecule has 0 aliphatic carbocycles. The molecule has 31 heavy (non-hydrogen) atoms. The molecule has 4 aromatic rings. The molecule has 4 rings (SSSR count). The highest BCUT2D eigenvalue weighted by Gasteiger charge is 2.20. The van der Waals surface area contributed by atoms with Crippen molar-refractivity contribution in [2.45, 2.75) is 26.9 Å². The second-order valence-electron chi connectivity index (χ2n) is 7.70. The maximum Gasteiger partial charge on any atom is 0.337 e. The van der Waals surface area contributed by atoms with Crippen molar-refractivity contribution < 1.29 is 4.39 Å². The van der Waals surface area contributed by atoms with E-state index in [1.165, 1.54) is 39.7 Å². The van der Waals surface area contributed by atoms with Crippen LogP contribution >= 0.6 is 23.2 Å². The molecular weight excluding hydrogens is 442 g/mol. The van der Waals surface area contributed by atoms with Crippen molar-refractivity contribution in [1.29, 1.82) is 0 Å². The minimum atomic E-state index is -0.516. The SMILES string of the molecule is CC(C)Cn1c(=O)c2c(ncn2Cc2ccc(Cl)c(Cl)c2)n(-c2ccc(F)cc2)c1=O. The Hall–Kier alpha value is -2.90. The summed E-state index contributed by atoms with van der Waals surface area (Å²) < 4.78 is 17.7. The number of benzene rings is 2. The van der Waals surface area contributed by atoms with Crippen molar-refractivity contribution >= 4 is 34.4 Å². The van der Waals surface area contributed by atoms with E-state index in [0.717, 1.165) is 5.56 Å². The quantitative estimate of drug-likeness (QED) is 0.440. The van der Waals surface area contributed by atoms with Gasteiger partial charge in [0.25, 0.3) is 5.56 Å². The van der Waals surface area contributed by atoms with Crippen LogP contribution in [0.2, 0.25) is 10.0 Å². The maximum atomic E-state index is 13.5. The third-order valence-electron chi connectivity index (χ3n) is 4.87. The molecule has 0 amide bonds. The first kappa shape index (κ1) is 21.3. The molecule has 0 bridgehead atoms. The Balaban J connectivity index is 1.97. The van der Waals surface area contributed by atoms with E-state index in [2.05, 4.69) is 4.98 Å². The van der Waals surface area contributed by atoms with Crippen LogP contribution in [0.3, 0.4) is 0 Å². The fourth-order valence-electron chi connectivity index (χ4n) is 3.48. The summed E-state index contributed by atoms with van der Waals surface area (Å²) in [5.41, 5.74) is 0.788. The highest BCUT2D eigenvalue weighted by Crippen LogP contribution is 2.23. The van der Waals surface area contributed by atoms with E-state index >= 15 is 0 Å². The number of nitrogens with zero attached hydrogens (tertiary/aromatic N) is 4. The monoisotopic (exact) mass is 460 g/mol. The van der Waals surface area contributed by atoms with Crippen LogP contribution in [0, 0.1) is 11.7 Å². The zero-order valence-corrected chi connectivity index (χ0v) is 18.4. The minimum Gasteiger partial charge on any atom is -0.320 e. The van der Waals surface area contributed by atoms with Crippen LogP contribution in [0.25, 0.3) is 16.9 Å². The molecule has 0 N–H and O–H groups in total. The number of aromatic nitrogens is 4. The third kappa shape index (κ3) is 4.03. The smallest absolute Gasteiger partial charge is 0.320 e. The molecule has 160 valence electrons. The van der Waals surface area contributed by atoms with Crippen LogP contribution in [0.1, 0.15) is 19.4 Å². The van der Waals surface area contributed by atoms with Gasteiger partial charge < -0.3 is 4.57 Å². The third-order valence-corrected chi connectivity index (χ3v) is 5.61. The lowest BCUT2D eigenvalue weighted by Crippen LogP contribution is -2.41. The van der Waals surface area contributed by atoms with E-state index < -0.39 is 17.1 Å². The molecular formula is C22H19Cl2FN4O2. The Labute approximate surface area is 187 Å². The Morgan fingerprint density at radius 2 is 1.74 bits per heavy atom. The van der Waals surface area contributed by atoms with Gasteiger partial charge in [0.1, 0.15) is 5.82 Å². The van der Waals surface area contributed by atoms with Gasteiger partial charge in [-0.3, -0.25) is 9.36 Å². The predicted octanol–water partition coefficient (Wildman–Crippen LogP) is 4.50. The Morgan fingerprint density at radius 1 is 1.03 bits per heavy atom. The molecule has 0 saturated heterocycles. The van der Waals surface area contributed by atoms with Gasteiger partial charge in [-0.1, -0.05) is 43.1 Å². The van der Waals surface area contributed by atoms with Crippen molar-refractivity contribution in [3.63, 3.8) is 0 Å². The Morgan fingerprint density at radius 3 is 2.39 bits per heavy atom. The highest BCUT2D eigenvalue weighted by atomic mass is 35.5. The zero-order chi connectivity index (χ0) is 22.3.